The van der Waals surface area contributed by atoms with Crippen molar-refractivity contribution in [1.29, 1.82) is 0 Å². The number of ether oxygens (including phenoxy) is 1. The third kappa shape index (κ3) is 2.07. The van der Waals surface area contributed by atoms with Crippen LogP contribution in [0.25, 0.3) is 0 Å². The molecule has 0 aliphatic carbocycles. The van der Waals surface area contributed by atoms with Crippen LogP contribution in [0.15, 0.2) is 6.20 Å². The van der Waals surface area contributed by atoms with Gasteiger partial charge in [-0.3, -0.25) is 4.98 Å². The summed E-state index contributed by atoms with van der Waals surface area (Å²) in [5, 5.41) is 0. The molecule has 0 N–H and O–H groups in total. The van der Waals surface area contributed by atoms with Gasteiger partial charge in [-0.15, -0.1) is 0 Å². The van der Waals surface area contributed by atoms with Crippen molar-refractivity contribution in [1.82, 2.24) is 4.98 Å². The zero-order valence-corrected chi connectivity index (χ0v) is 9.30. The fraction of sp³-hybridized carbons (Fsp3) is 0.375. The maximum atomic E-state index is 12.4. The zero-order valence-electron chi connectivity index (χ0n) is 7.14. The Balaban J connectivity index is 3.30. The van der Waals surface area contributed by atoms with Crippen LogP contribution in [0.2, 0.25) is 0 Å². The molecule has 0 amide bonds. The molecule has 0 atom stereocenters. The van der Waals surface area contributed by atoms with E-state index in [1.165, 1.54) is 13.3 Å². The second kappa shape index (κ2) is 4.17. The van der Waals surface area contributed by atoms with Crippen molar-refractivity contribution in [2.45, 2.75) is 13.3 Å². The number of rotatable bonds is 2. The maximum Gasteiger partial charge on any atom is 0.284 e. The SMILES string of the molecule is COc1c(C(F)F)ncc(I)c1C. The van der Waals surface area contributed by atoms with Gasteiger partial charge in [-0.05, 0) is 29.5 Å². The fourth-order valence-corrected chi connectivity index (χ4v) is 1.38. The molecule has 0 radical (unpaired) electrons. The number of alkyl halides is 2. The first-order valence-electron chi connectivity index (χ1n) is 3.55. The molecule has 0 unspecified atom stereocenters. The maximum absolute atomic E-state index is 12.4. The topological polar surface area (TPSA) is 22.1 Å². The minimum Gasteiger partial charge on any atom is -0.494 e. The quantitative estimate of drug-likeness (QED) is 0.783. The van der Waals surface area contributed by atoms with E-state index in [0.717, 1.165) is 3.57 Å². The number of aromatic nitrogens is 1. The highest BCUT2D eigenvalue weighted by atomic mass is 127. The molecule has 1 aromatic rings. The van der Waals surface area contributed by atoms with E-state index in [4.69, 9.17) is 4.74 Å². The monoisotopic (exact) mass is 299 g/mol. The molecule has 0 saturated heterocycles. The molecular weight excluding hydrogens is 291 g/mol. The van der Waals surface area contributed by atoms with Crippen molar-refractivity contribution >= 4 is 22.6 Å². The third-order valence-corrected chi connectivity index (χ3v) is 2.75. The summed E-state index contributed by atoms with van der Waals surface area (Å²) in [6, 6.07) is 0. The molecule has 1 rings (SSSR count). The highest BCUT2D eigenvalue weighted by Crippen LogP contribution is 2.31. The van der Waals surface area contributed by atoms with Gasteiger partial charge in [0.05, 0.1) is 7.11 Å². The van der Waals surface area contributed by atoms with Crippen LogP contribution in [0.5, 0.6) is 5.75 Å². The normalized spacial score (nSPS) is 10.6. The molecule has 0 fully saturated rings. The molecule has 1 heterocycles. The Morgan fingerprint density at radius 1 is 1.54 bits per heavy atom. The summed E-state index contributed by atoms with van der Waals surface area (Å²) >= 11 is 2.03. The molecular formula is C8H8F2INO. The first-order chi connectivity index (χ1) is 6.07. The van der Waals surface area contributed by atoms with Crippen molar-refractivity contribution in [2.75, 3.05) is 7.11 Å². The van der Waals surface area contributed by atoms with Crippen LogP contribution >= 0.6 is 22.6 Å². The predicted octanol–water partition coefficient (Wildman–Crippen LogP) is 2.94. The minimum absolute atomic E-state index is 0.182. The molecule has 0 spiro atoms. The van der Waals surface area contributed by atoms with Crippen LogP contribution in [-0.4, -0.2) is 12.1 Å². The van der Waals surface area contributed by atoms with E-state index >= 15 is 0 Å². The van der Waals surface area contributed by atoms with Gasteiger partial charge in [-0.1, -0.05) is 0 Å². The van der Waals surface area contributed by atoms with Gasteiger partial charge in [0, 0.05) is 15.3 Å². The van der Waals surface area contributed by atoms with Crippen LogP contribution < -0.4 is 4.74 Å². The van der Waals surface area contributed by atoms with Crippen molar-refractivity contribution in [3.05, 3.63) is 21.0 Å². The molecule has 0 aliphatic rings. The van der Waals surface area contributed by atoms with Crippen LogP contribution in [-0.2, 0) is 0 Å². The molecule has 72 valence electrons. The molecule has 2 nitrogen and oxygen atoms in total. The molecule has 0 aromatic carbocycles. The molecule has 0 bridgehead atoms. The Kier molecular flexibility index (Phi) is 3.40. The lowest BCUT2D eigenvalue weighted by molar-refractivity contribution is 0.141. The number of halogens is 3. The van der Waals surface area contributed by atoms with E-state index in [0.29, 0.717) is 5.56 Å². The van der Waals surface area contributed by atoms with Crippen molar-refractivity contribution < 1.29 is 13.5 Å². The Hall–Kier alpha value is -0.460. The van der Waals surface area contributed by atoms with Crippen molar-refractivity contribution in [2.24, 2.45) is 0 Å². The Bertz CT molecular complexity index is 317. The largest absolute Gasteiger partial charge is 0.494 e. The first-order valence-corrected chi connectivity index (χ1v) is 4.63. The lowest BCUT2D eigenvalue weighted by Gasteiger charge is -2.10. The second-order valence-corrected chi connectivity index (χ2v) is 3.61. The lowest BCUT2D eigenvalue weighted by Crippen LogP contribution is -2.00. The Morgan fingerprint density at radius 2 is 2.15 bits per heavy atom. The van der Waals surface area contributed by atoms with E-state index in [-0.39, 0.29) is 11.4 Å². The lowest BCUT2D eigenvalue weighted by atomic mass is 10.2. The molecule has 13 heavy (non-hydrogen) atoms. The van der Waals surface area contributed by atoms with Crippen molar-refractivity contribution in [3.63, 3.8) is 0 Å². The zero-order chi connectivity index (χ0) is 10.0. The van der Waals surface area contributed by atoms with Gasteiger partial charge in [0.15, 0.2) is 0 Å². The first kappa shape index (κ1) is 10.6. The van der Waals surface area contributed by atoms with Gasteiger partial charge in [-0.25, -0.2) is 8.78 Å². The van der Waals surface area contributed by atoms with Gasteiger partial charge in [-0.2, -0.15) is 0 Å². The summed E-state index contributed by atoms with van der Waals surface area (Å²) in [6.45, 7) is 1.73. The van der Waals surface area contributed by atoms with E-state index in [1.807, 2.05) is 22.6 Å². The Labute approximate surface area is 88.5 Å². The molecule has 0 saturated carbocycles. The van der Waals surface area contributed by atoms with Crippen LogP contribution in [0.1, 0.15) is 17.7 Å². The fourth-order valence-electron chi connectivity index (χ4n) is 0.995. The number of pyridine rings is 1. The average Bonchev–Trinajstić information content (AvgIpc) is 2.09. The third-order valence-electron chi connectivity index (χ3n) is 1.66. The van der Waals surface area contributed by atoms with Gasteiger partial charge in [0.2, 0.25) is 0 Å². The highest BCUT2D eigenvalue weighted by molar-refractivity contribution is 14.1. The summed E-state index contributed by atoms with van der Waals surface area (Å²) < 4.78 is 30.5. The standard InChI is InChI=1S/C8H8F2INO/c1-4-5(11)3-12-6(8(9)10)7(4)13-2/h3,8H,1-2H3. The van der Waals surface area contributed by atoms with E-state index in [2.05, 4.69) is 4.98 Å². The summed E-state index contributed by atoms with van der Waals surface area (Å²) in [6.07, 6.45) is -1.18. The number of nitrogens with zero attached hydrogens (tertiary/aromatic N) is 1. The van der Waals surface area contributed by atoms with Crippen LogP contribution in [0, 0.1) is 10.5 Å². The molecule has 5 heteroatoms. The molecule has 1 aromatic heterocycles. The highest BCUT2D eigenvalue weighted by Gasteiger charge is 2.18. The van der Waals surface area contributed by atoms with Gasteiger partial charge in [0.25, 0.3) is 6.43 Å². The smallest absolute Gasteiger partial charge is 0.284 e. The Morgan fingerprint density at radius 3 is 2.62 bits per heavy atom. The van der Waals surface area contributed by atoms with E-state index in [9.17, 15) is 8.78 Å². The van der Waals surface area contributed by atoms with Gasteiger partial charge >= 0.3 is 0 Å². The number of hydrogen-bond acceptors (Lipinski definition) is 2. The van der Waals surface area contributed by atoms with Crippen LogP contribution in [0.3, 0.4) is 0 Å². The predicted molar refractivity (Wildman–Crippen MR) is 53.2 cm³/mol. The van der Waals surface area contributed by atoms with Gasteiger partial charge in [0.1, 0.15) is 11.4 Å². The summed E-state index contributed by atoms with van der Waals surface area (Å²) in [5.41, 5.74) is 0.411. The number of methoxy groups -OCH3 is 1. The molecule has 0 aliphatic heterocycles. The average molecular weight is 299 g/mol. The van der Waals surface area contributed by atoms with E-state index in [1.54, 1.807) is 6.92 Å². The van der Waals surface area contributed by atoms with Gasteiger partial charge < -0.3 is 4.74 Å². The van der Waals surface area contributed by atoms with E-state index < -0.39 is 6.43 Å². The summed E-state index contributed by atoms with van der Waals surface area (Å²) in [5.74, 6) is 0.182. The number of hydrogen-bond donors (Lipinski definition) is 0. The summed E-state index contributed by atoms with van der Waals surface area (Å²) in [4.78, 5) is 3.63. The summed E-state index contributed by atoms with van der Waals surface area (Å²) in [7, 11) is 1.37. The minimum atomic E-state index is -2.59. The second-order valence-electron chi connectivity index (χ2n) is 2.45. The van der Waals surface area contributed by atoms with Crippen molar-refractivity contribution in [3.8, 4) is 5.75 Å². The van der Waals surface area contributed by atoms with Crippen LogP contribution in [0.4, 0.5) is 8.78 Å².